The molecular weight excluding hydrogens is 330 g/mol. The second-order valence-electron chi connectivity index (χ2n) is 6.33. The zero-order valence-corrected chi connectivity index (χ0v) is 14.5. The smallest absolute Gasteiger partial charge is 0.335 e. The van der Waals surface area contributed by atoms with Crippen molar-refractivity contribution in [1.29, 1.82) is 5.26 Å². The Labute approximate surface area is 151 Å². The maximum absolute atomic E-state index is 12.7. The molecule has 0 saturated carbocycles. The first-order valence-corrected chi connectivity index (χ1v) is 8.37. The lowest BCUT2D eigenvalue weighted by Crippen LogP contribution is -2.48. The standard InChI is InChI=1S/C20H19N3O3/c1-14-10-16(12-17(11-14)20(25)26)19(24)23-8-6-22(7-9-23)18-4-2-15(13-21)3-5-18/h2-5,10-12H,6-9H2,1H3,(H,25,26). The van der Waals surface area contributed by atoms with Gasteiger partial charge in [0.05, 0.1) is 17.2 Å². The maximum atomic E-state index is 12.7. The Hall–Kier alpha value is -3.33. The first kappa shape index (κ1) is 17.5. The van der Waals surface area contributed by atoms with Crippen LogP contribution in [0.25, 0.3) is 0 Å². The highest BCUT2D eigenvalue weighted by Gasteiger charge is 2.23. The molecular formula is C20H19N3O3. The summed E-state index contributed by atoms with van der Waals surface area (Å²) in [5, 5.41) is 18.0. The molecule has 1 N–H and O–H groups in total. The number of hydrogen-bond acceptors (Lipinski definition) is 4. The largest absolute Gasteiger partial charge is 0.478 e. The number of hydrogen-bond donors (Lipinski definition) is 1. The molecule has 1 saturated heterocycles. The van der Waals surface area contributed by atoms with Crippen molar-refractivity contribution >= 4 is 17.6 Å². The van der Waals surface area contributed by atoms with Crippen molar-refractivity contribution < 1.29 is 14.7 Å². The van der Waals surface area contributed by atoms with Gasteiger partial charge in [-0.15, -0.1) is 0 Å². The van der Waals surface area contributed by atoms with Crippen LogP contribution in [0.1, 0.15) is 31.8 Å². The first-order chi connectivity index (χ1) is 12.5. The van der Waals surface area contributed by atoms with Crippen LogP contribution in [-0.4, -0.2) is 48.1 Å². The van der Waals surface area contributed by atoms with Crippen LogP contribution in [0.3, 0.4) is 0 Å². The highest BCUT2D eigenvalue weighted by Crippen LogP contribution is 2.19. The Morgan fingerprint density at radius 2 is 1.62 bits per heavy atom. The Balaban J connectivity index is 1.68. The average molecular weight is 349 g/mol. The number of carboxylic acids is 1. The zero-order valence-electron chi connectivity index (χ0n) is 14.5. The summed E-state index contributed by atoms with van der Waals surface area (Å²) in [6.07, 6.45) is 0. The first-order valence-electron chi connectivity index (χ1n) is 8.37. The average Bonchev–Trinajstić information content (AvgIpc) is 2.67. The molecule has 1 heterocycles. The van der Waals surface area contributed by atoms with Crippen LogP contribution in [0.2, 0.25) is 0 Å². The molecule has 6 nitrogen and oxygen atoms in total. The fraction of sp³-hybridized carbons (Fsp3) is 0.250. The molecule has 1 amide bonds. The SMILES string of the molecule is Cc1cc(C(=O)O)cc(C(=O)N2CCN(c3ccc(C#N)cc3)CC2)c1. The summed E-state index contributed by atoms with van der Waals surface area (Å²) < 4.78 is 0. The number of carbonyl (C=O) groups is 2. The van der Waals surface area contributed by atoms with E-state index in [1.165, 1.54) is 6.07 Å². The Morgan fingerprint density at radius 3 is 2.19 bits per heavy atom. The minimum absolute atomic E-state index is 0.129. The van der Waals surface area contributed by atoms with Gasteiger partial charge in [0.25, 0.3) is 5.91 Å². The van der Waals surface area contributed by atoms with Crippen molar-refractivity contribution in [3.05, 3.63) is 64.7 Å². The van der Waals surface area contributed by atoms with Gasteiger partial charge in [-0.05, 0) is 55.0 Å². The van der Waals surface area contributed by atoms with E-state index in [1.807, 2.05) is 12.1 Å². The number of rotatable bonds is 3. The minimum Gasteiger partial charge on any atom is -0.478 e. The van der Waals surface area contributed by atoms with E-state index >= 15 is 0 Å². The number of carboxylic acid groups (broad SMARTS) is 1. The van der Waals surface area contributed by atoms with Gasteiger partial charge < -0.3 is 14.9 Å². The van der Waals surface area contributed by atoms with Gasteiger partial charge in [0.1, 0.15) is 0 Å². The third kappa shape index (κ3) is 3.67. The van der Waals surface area contributed by atoms with Gasteiger partial charge in [-0.1, -0.05) is 0 Å². The molecule has 2 aromatic carbocycles. The van der Waals surface area contributed by atoms with Gasteiger partial charge >= 0.3 is 5.97 Å². The molecule has 26 heavy (non-hydrogen) atoms. The summed E-state index contributed by atoms with van der Waals surface area (Å²) in [4.78, 5) is 27.9. The summed E-state index contributed by atoms with van der Waals surface area (Å²) in [5.41, 5.74) is 2.94. The second kappa shape index (κ2) is 7.28. The van der Waals surface area contributed by atoms with Crippen molar-refractivity contribution in [3.8, 4) is 6.07 Å². The van der Waals surface area contributed by atoms with E-state index in [4.69, 9.17) is 5.26 Å². The molecule has 2 aromatic rings. The monoisotopic (exact) mass is 349 g/mol. The number of amides is 1. The quantitative estimate of drug-likeness (QED) is 0.920. The third-order valence-electron chi connectivity index (χ3n) is 4.50. The van der Waals surface area contributed by atoms with E-state index in [-0.39, 0.29) is 11.5 Å². The third-order valence-corrected chi connectivity index (χ3v) is 4.50. The van der Waals surface area contributed by atoms with E-state index in [0.717, 1.165) is 11.3 Å². The number of carbonyl (C=O) groups excluding carboxylic acids is 1. The van der Waals surface area contributed by atoms with Gasteiger partial charge in [-0.3, -0.25) is 4.79 Å². The van der Waals surface area contributed by atoms with Crippen LogP contribution >= 0.6 is 0 Å². The van der Waals surface area contributed by atoms with E-state index < -0.39 is 5.97 Å². The van der Waals surface area contributed by atoms with Crippen molar-refractivity contribution in [3.63, 3.8) is 0 Å². The van der Waals surface area contributed by atoms with E-state index in [9.17, 15) is 14.7 Å². The summed E-state index contributed by atoms with van der Waals surface area (Å²) in [5.74, 6) is -1.18. The van der Waals surface area contributed by atoms with Crippen LogP contribution in [0.4, 0.5) is 5.69 Å². The maximum Gasteiger partial charge on any atom is 0.335 e. The second-order valence-corrected chi connectivity index (χ2v) is 6.33. The summed E-state index contributed by atoms with van der Waals surface area (Å²) in [6.45, 7) is 4.29. The van der Waals surface area contributed by atoms with Crippen LogP contribution in [-0.2, 0) is 0 Å². The lowest BCUT2D eigenvalue weighted by atomic mass is 10.1. The number of aromatic carboxylic acids is 1. The number of nitrogens with zero attached hydrogens (tertiary/aromatic N) is 3. The molecule has 0 aromatic heterocycles. The molecule has 1 aliphatic rings. The topological polar surface area (TPSA) is 84.6 Å². The van der Waals surface area contributed by atoms with Crippen molar-refractivity contribution in [2.45, 2.75) is 6.92 Å². The summed E-state index contributed by atoms with van der Waals surface area (Å²) in [6, 6.07) is 14.2. The molecule has 0 atom stereocenters. The lowest BCUT2D eigenvalue weighted by Gasteiger charge is -2.36. The van der Waals surface area contributed by atoms with Gasteiger partial charge in [0, 0.05) is 37.4 Å². The molecule has 0 aliphatic carbocycles. The Morgan fingerprint density at radius 1 is 1.00 bits per heavy atom. The van der Waals surface area contributed by atoms with Crippen LogP contribution in [0.5, 0.6) is 0 Å². The molecule has 0 bridgehead atoms. The predicted octanol–water partition coefficient (Wildman–Crippen LogP) is 2.53. The number of piperazine rings is 1. The minimum atomic E-state index is -1.03. The fourth-order valence-electron chi connectivity index (χ4n) is 3.13. The van der Waals surface area contributed by atoms with Crippen LogP contribution < -0.4 is 4.90 Å². The molecule has 0 radical (unpaired) electrons. The molecule has 0 spiro atoms. The van der Waals surface area contributed by atoms with E-state index in [0.29, 0.717) is 37.3 Å². The van der Waals surface area contributed by atoms with Gasteiger partial charge in [-0.2, -0.15) is 5.26 Å². The van der Waals surface area contributed by atoms with Gasteiger partial charge in [0.2, 0.25) is 0 Å². The van der Waals surface area contributed by atoms with Crippen LogP contribution in [0.15, 0.2) is 42.5 Å². The van der Waals surface area contributed by atoms with Crippen molar-refractivity contribution in [2.24, 2.45) is 0 Å². The number of anilines is 1. The predicted molar refractivity (Wildman–Crippen MR) is 97.4 cm³/mol. The molecule has 6 heteroatoms. The summed E-state index contributed by atoms with van der Waals surface area (Å²) >= 11 is 0. The normalized spacial score (nSPS) is 14.0. The van der Waals surface area contributed by atoms with Crippen molar-refractivity contribution in [1.82, 2.24) is 4.90 Å². The van der Waals surface area contributed by atoms with Gasteiger partial charge in [0.15, 0.2) is 0 Å². The number of benzene rings is 2. The van der Waals surface area contributed by atoms with E-state index in [2.05, 4.69) is 11.0 Å². The molecule has 3 rings (SSSR count). The summed E-state index contributed by atoms with van der Waals surface area (Å²) in [7, 11) is 0. The van der Waals surface area contributed by atoms with E-state index in [1.54, 1.807) is 36.1 Å². The number of aryl methyl sites for hydroxylation is 1. The van der Waals surface area contributed by atoms with Crippen molar-refractivity contribution in [2.75, 3.05) is 31.1 Å². The molecule has 132 valence electrons. The Bertz CT molecular complexity index is 876. The lowest BCUT2D eigenvalue weighted by molar-refractivity contribution is 0.0696. The molecule has 1 aliphatic heterocycles. The zero-order chi connectivity index (χ0) is 18.7. The Kier molecular flexibility index (Phi) is 4.90. The van der Waals surface area contributed by atoms with Crippen LogP contribution in [0, 0.1) is 18.3 Å². The highest BCUT2D eigenvalue weighted by atomic mass is 16.4. The molecule has 0 unspecified atom stereocenters. The molecule has 1 fully saturated rings. The number of nitriles is 1. The fourth-order valence-corrected chi connectivity index (χ4v) is 3.13. The highest BCUT2D eigenvalue weighted by molar-refractivity contribution is 5.98. The van der Waals surface area contributed by atoms with Gasteiger partial charge in [-0.25, -0.2) is 4.79 Å².